The van der Waals surface area contributed by atoms with Crippen molar-refractivity contribution in [3.05, 3.63) is 58.6 Å². The standard InChI is InChI=1S/C15H14ClN5/c1-10-4-2-3-5-12(10)9-21-15(18-19-20-21)11-6-7-13(16)14(17)8-11/h2-8H,9,17H2,1H3. The number of nitrogens with zero attached hydrogens (tertiary/aromatic N) is 4. The van der Waals surface area contributed by atoms with Gasteiger partial charge in [-0.1, -0.05) is 35.9 Å². The highest BCUT2D eigenvalue weighted by molar-refractivity contribution is 6.33. The summed E-state index contributed by atoms with van der Waals surface area (Å²) in [6.45, 7) is 2.68. The first-order valence-corrected chi connectivity index (χ1v) is 6.89. The summed E-state index contributed by atoms with van der Waals surface area (Å²) in [6, 6.07) is 13.5. The molecule has 1 heterocycles. The Morgan fingerprint density at radius 1 is 1.19 bits per heavy atom. The Labute approximate surface area is 127 Å². The first-order chi connectivity index (χ1) is 10.1. The lowest BCUT2D eigenvalue weighted by Gasteiger charge is -2.08. The zero-order valence-corrected chi connectivity index (χ0v) is 12.2. The second-order valence-corrected chi connectivity index (χ2v) is 5.23. The van der Waals surface area contributed by atoms with E-state index in [9.17, 15) is 0 Å². The van der Waals surface area contributed by atoms with Gasteiger partial charge in [-0.05, 0) is 46.7 Å². The minimum atomic E-state index is 0.514. The second-order valence-electron chi connectivity index (χ2n) is 4.82. The van der Waals surface area contributed by atoms with Gasteiger partial charge in [0, 0.05) is 5.56 Å². The molecule has 6 heteroatoms. The molecule has 3 aromatic rings. The fraction of sp³-hybridized carbons (Fsp3) is 0.133. The zero-order chi connectivity index (χ0) is 14.8. The molecule has 0 aliphatic rings. The lowest BCUT2D eigenvalue weighted by Crippen LogP contribution is -2.06. The van der Waals surface area contributed by atoms with Crippen molar-refractivity contribution in [2.45, 2.75) is 13.5 Å². The van der Waals surface area contributed by atoms with E-state index < -0.39 is 0 Å². The number of rotatable bonds is 3. The molecule has 0 aliphatic heterocycles. The van der Waals surface area contributed by atoms with Gasteiger partial charge in [-0.15, -0.1) is 5.10 Å². The van der Waals surface area contributed by atoms with E-state index in [-0.39, 0.29) is 0 Å². The molecule has 21 heavy (non-hydrogen) atoms. The summed E-state index contributed by atoms with van der Waals surface area (Å²) >= 11 is 5.95. The van der Waals surface area contributed by atoms with Crippen molar-refractivity contribution >= 4 is 17.3 Å². The normalized spacial score (nSPS) is 10.8. The van der Waals surface area contributed by atoms with E-state index in [1.54, 1.807) is 16.8 Å². The molecule has 1 aromatic heterocycles. The third-order valence-electron chi connectivity index (χ3n) is 3.37. The minimum absolute atomic E-state index is 0.514. The van der Waals surface area contributed by atoms with Gasteiger partial charge in [-0.2, -0.15) is 0 Å². The van der Waals surface area contributed by atoms with Crippen LogP contribution in [0.5, 0.6) is 0 Å². The molecule has 2 N–H and O–H groups in total. The number of nitrogen functional groups attached to an aromatic ring is 1. The Morgan fingerprint density at radius 2 is 2.00 bits per heavy atom. The van der Waals surface area contributed by atoms with E-state index >= 15 is 0 Å². The van der Waals surface area contributed by atoms with Crippen molar-refractivity contribution in [1.82, 2.24) is 20.2 Å². The number of aryl methyl sites for hydroxylation is 1. The first kappa shape index (κ1) is 13.6. The molecule has 0 amide bonds. The molecule has 0 saturated heterocycles. The Hall–Kier alpha value is -2.40. The highest BCUT2D eigenvalue weighted by Gasteiger charge is 2.11. The Balaban J connectivity index is 1.97. The zero-order valence-electron chi connectivity index (χ0n) is 11.5. The third-order valence-corrected chi connectivity index (χ3v) is 3.71. The van der Waals surface area contributed by atoms with Gasteiger partial charge in [0.25, 0.3) is 0 Å². The quantitative estimate of drug-likeness (QED) is 0.755. The van der Waals surface area contributed by atoms with Gasteiger partial charge in [-0.25, -0.2) is 4.68 Å². The second kappa shape index (κ2) is 5.54. The molecule has 0 bridgehead atoms. The first-order valence-electron chi connectivity index (χ1n) is 6.51. The Morgan fingerprint density at radius 3 is 2.76 bits per heavy atom. The molecular weight excluding hydrogens is 286 g/mol. The maximum Gasteiger partial charge on any atom is 0.182 e. The fourth-order valence-electron chi connectivity index (χ4n) is 2.15. The number of tetrazole rings is 1. The summed E-state index contributed by atoms with van der Waals surface area (Å²) in [4.78, 5) is 0. The fourth-order valence-corrected chi connectivity index (χ4v) is 2.27. The van der Waals surface area contributed by atoms with Crippen LogP contribution in [-0.2, 0) is 6.54 Å². The molecule has 0 fully saturated rings. The summed E-state index contributed by atoms with van der Waals surface area (Å²) in [7, 11) is 0. The molecule has 3 rings (SSSR count). The molecule has 0 saturated carbocycles. The predicted molar refractivity (Wildman–Crippen MR) is 83.0 cm³/mol. The number of halogens is 1. The number of aromatic nitrogens is 4. The van der Waals surface area contributed by atoms with E-state index in [0.29, 0.717) is 23.1 Å². The van der Waals surface area contributed by atoms with Crippen LogP contribution < -0.4 is 5.73 Å². The van der Waals surface area contributed by atoms with Crippen molar-refractivity contribution in [3.8, 4) is 11.4 Å². The summed E-state index contributed by atoms with van der Waals surface area (Å²) < 4.78 is 1.75. The number of nitrogens with two attached hydrogens (primary N) is 1. The van der Waals surface area contributed by atoms with Gasteiger partial charge in [-0.3, -0.25) is 0 Å². The lowest BCUT2D eigenvalue weighted by atomic mass is 10.1. The monoisotopic (exact) mass is 299 g/mol. The molecule has 106 valence electrons. The summed E-state index contributed by atoms with van der Waals surface area (Å²) in [5.41, 5.74) is 9.58. The molecule has 0 atom stereocenters. The van der Waals surface area contributed by atoms with Crippen LogP contribution in [0.3, 0.4) is 0 Å². The average molecular weight is 300 g/mol. The topological polar surface area (TPSA) is 69.6 Å². The summed E-state index contributed by atoms with van der Waals surface area (Å²) in [5.74, 6) is 0.668. The van der Waals surface area contributed by atoms with Crippen LogP contribution >= 0.6 is 11.6 Å². The van der Waals surface area contributed by atoms with Crippen molar-refractivity contribution < 1.29 is 0 Å². The average Bonchev–Trinajstić information content (AvgIpc) is 2.93. The van der Waals surface area contributed by atoms with Crippen LogP contribution in [0.25, 0.3) is 11.4 Å². The Kier molecular flexibility index (Phi) is 3.58. The van der Waals surface area contributed by atoms with Crippen molar-refractivity contribution in [3.63, 3.8) is 0 Å². The predicted octanol–water partition coefficient (Wildman–Crippen LogP) is 2.93. The molecule has 2 aromatic carbocycles. The van der Waals surface area contributed by atoms with Crippen LogP contribution in [0.1, 0.15) is 11.1 Å². The van der Waals surface area contributed by atoms with Gasteiger partial charge in [0.2, 0.25) is 0 Å². The molecule has 0 spiro atoms. The van der Waals surface area contributed by atoms with Gasteiger partial charge in [0.1, 0.15) is 0 Å². The lowest BCUT2D eigenvalue weighted by molar-refractivity contribution is 0.651. The molecular formula is C15H14ClN5. The maximum atomic E-state index is 5.95. The van der Waals surface area contributed by atoms with E-state index in [1.807, 2.05) is 18.2 Å². The van der Waals surface area contributed by atoms with Gasteiger partial charge >= 0.3 is 0 Å². The van der Waals surface area contributed by atoms with Crippen LogP contribution in [0.4, 0.5) is 5.69 Å². The summed E-state index contributed by atoms with van der Waals surface area (Å²) in [6.07, 6.45) is 0. The van der Waals surface area contributed by atoms with Crippen LogP contribution in [0, 0.1) is 6.92 Å². The number of anilines is 1. The minimum Gasteiger partial charge on any atom is -0.398 e. The van der Waals surface area contributed by atoms with Gasteiger partial charge in [0.05, 0.1) is 17.3 Å². The number of hydrogen-bond acceptors (Lipinski definition) is 4. The van der Waals surface area contributed by atoms with E-state index in [2.05, 4.69) is 34.6 Å². The smallest absolute Gasteiger partial charge is 0.182 e. The van der Waals surface area contributed by atoms with Crippen LogP contribution in [0.15, 0.2) is 42.5 Å². The van der Waals surface area contributed by atoms with E-state index in [1.165, 1.54) is 11.1 Å². The van der Waals surface area contributed by atoms with Gasteiger partial charge in [0.15, 0.2) is 5.82 Å². The third kappa shape index (κ3) is 2.73. The highest BCUT2D eigenvalue weighted by Crippen LogP contribution is 2.25. The van der Waals surface area contributed by atoms with E-state index in [4.69, 9.17) is 17.3 Å². The van der Waals surface area contributed by atoms with Crippen molar-refractivity contribution in [1.29, 1.82) is 0 Å². The molecule has 0 radical (unpaired) electrons. The SMILES string of the molecule is Cc1ccccc1Cn1nnnc1-c1ccc(Cl)c(N)c1. The largest absolute Gasteiger partial charge is 0.398 e. The van der Waals surface area contributed by atoms with Crippen LogP contribution in [-0.4, -0.2) is 20.2 Å². The number of hydrogen-bond donors (Lipinski definition) is 1. The van der Waals surface area contributed by atoms with Crippen LogP contribution in [0.2, 0.25) is 5.02 Å². The molecule has 5 nitrogen and oxygen atoms in total. The van der Waals surface area contributed by atoms with Gasteiger partial charge < -0.3 is 5.73 Å². The number of benzene rings is 2. The van der Waals surface area contributed by atoms with Crippen molar-refractivity contribution in [2.75, 3.05) is 5.73 Å². The van der Waals surface area contributed by atoms with Crippen molar-refractivity contribution in [2.24, 2.45) is 0 Å². The summed E-state index contributed by atoms with van der Waals surface area (Å²) in [5, 5.41) is 12.4. The molecule has 0 unspecified atom stereocenters. The highest BCUT2D eigenvalue weighted by atomic mass is 35.5. The van der Waals surface area contributed by atoms with E-state index in [0.717, 1.165) is 5.56 Å². The maximum absolute atomic E-state index is 5.95. The molecule has 0 aliphatic carbocycles. The Bertz CT molecular complexity index is 781.